The van der Waals surface area contributed by atoms with Crippen LogP contribution in [0.5, 0.6) is 0 Å². The fourth-order valence-corrected chi connectivity index (χ4v) is 3.28. The Morgan fingerprint density at radius 1 is 1.27 bits per heavy atom. The Morgan fingerprint density at radius 3 is 2.63 bits per heavy atom. The number of amides is 3. The van der Waals surface area contributed by atoms with E-state index in [4.69, 9.17) is 5.53 Å². The van der Waals surface area contributed by atoms with Crippen LogP contribution in [-0.2, 0) is 17.8 Å². The van der Waals surface area contributed by atoms with Gasteiger partial charge in [-0.25, -0.2) is 0 Å². The molecule has 2 aromatic rings. The second-order valence-electron chi connectivity index (χ2n) is 7.74. The van der Waals surface area contributed by atoms with Gasteiger partial charge in [-0.2, -0.15) is 0 Å². The van der Waals surface area contributed by atoms with Crippen molar-refractivity contribution in [1.82, 2.24) is 9.88 Å². The van der Waals surface area contributed by atoms with Crippen LogP contribution in [0.2, 0.25) is 0 Å². The maximum atomic E-state index is 13.1. The lowest BCUT2D eigenvalue weighted by atomic mass is 9.87. The number of hydrogen-bond acceptors (Lipinski definition) is 4. The Kier molecular flexibility index (Phi) is 5.70. The molecule has 0 spiro atoms. The number of rotatable bonds is 4. The first-order chi connectivity index (χ1) is 14.2. The summed E-state index contributed by atoms with van der Waals surface area (Å²) in [5.41, 5.74) is 8.18. The van der Waals surface area contributed by atoms with Gasteiger partial charge >= 0.3 is 0 Å². The van der Waals surface area contributed by atoms with Crippen molar-refractivity contribution in [1.29, 1.82) is 0 Å². The molecule has 0 saturated heterocycles. The van der Waals surface area contributed by atoms with Gasteiger partial charge in [-0.1, -0.05) is 32.0 Å². The summed E-state index contributed by atoms with van der Waals surface area (Å²) in [6.45, 7) is 3.66. The number of hydrogen-bond donors (Lipinski definition) is 2. The summed E-state index contributed by atoms with van der Waals surface area (Å²) >= 11 is 0. The first kappa shape index (κ1) is 20.8. The molecule has 1 aromatic carbocycles. The highest BCUT2D eigenvalue weighted by molar-refractivity contribution is 6.05. The maximum absolute atomic E-state index is 13.1. The molecule has 30 heavy (non-hydrogen) atoms. The van der Waals surface area contributed by atoms with E-state index >= 15 is 0 Å². The van der Waals surface area contributed by atoms with Crippen LogP contribution in [0.1, 0.15) is 40.3 Å². The molecule has 10 nitrogen and oxygen atoms in total. The molecule has 0 fully saturated rings. The average molecular weight is 408 g/mol. The number of nitrogens with one attached hydrogen (secondary N) is 2. The fourth-order valence-electron chi connectivity index (χ4n) is 3.28. The predicted molar refractivity (Wildman–Crippen MR) is 109 cm³/mol. The molecule has 0 unspecified atom stereocenters. The zero-order chi connectivity index (χ0) is 21.9. The van der Waals surface area contributed by atoms with Gasteiger partial charge in [0.25, 0.3) is 17.4 Å². The maximum Gasteiger partial charge on any atom is 0.274 e. The third-order valence-corrected chi connectivity index (χ3v) is 4.75. The van der Waals surface area contributed by atoms with Gasteiger partial charge in [-0.3, -0.25) is 19.2 Å². The van der Waals surface area contributed by atoms with Gasteiger partial charge in [0, 0.05) is 22.7 Å². The highest BCUT2D eigenvalue weighted by atomic mass is 16.2. The van der Waals surface area contributed by atoms with Crippen molar-refractivity contribution in [2.24, 2.45) is 10.5 Å². The van der Waals surface area contributed by atoms with E-state index in [2.05, 4.69) is 20.7 Å². The van der Waals surface area contributed by atoms with Crippen molar-refractivity contribution < 1.29 is 14.4 Å². The van der Waals surface area contributed by atoms with Crippen LogP contribution in [0.25, 0.3) is 10.4 Å². The van der Waals surface area contributed by atoms with Crippen molar-refractivity contribution in [3.63, 3.8) is 0 Å². The van der Waals surface area contributed by atoms with E-state index < -0.39 is 29.8 Å². The third-order valence-electron chi connectivity index (χ3n) is 4.75. The SMILES string of the molecule is CC1(C)CNC(=O)c2cc(NC(=O)c3ccccc3)c(=O)n(CC(=O)N=[N+]=[N-])c2C1. The molecule has 2 heterocycles. The molecule has 0 saturated carbocycles. The van der Waals surface area contributed by atoms with E-state index in [1.165, 1.54) is 6.07 Å². The van der Waals surface area contributed by atoms with Crippen molar-refractivity contribution >= 4 is 23.4 Å². The van der Waals surface area contributed by atoms with Crippen molar-refractivity contribution in [2.45, 2.75) is 26.8 Å². The summed E-state index contributed by atoms with van der Waals surface area (Å²) in [5, 5.41) is 8.33. The Balaban J connectivity index is 2.14. The van der Waals surface area contributed by atoms with Crippen LogP contribution in [0.4, 0.5) is 5.69 Å². The average Bonchev–Trinajstić information content (AvgIpc) is 2.82. The number of pyridine rings is 1. The number of benzene rings is 1. The van der Waals surface area contributed by atoms with Gasteiger partial charge in [-0.15, -0.1) is 0 Å². The molecule has 0 radical (unpaired) electrons. The molecule has 3 rings (SSSR count). The van der Waals surface area contributed by atoms with Gasteiger partial charge in [0.2, 0.25) is 5.91 Å². The van der Waals surface area contributed by atoms with Crippen molar-refractivity contribution in [2.75, 3.05) is 11.9 Å². The smallest absolute Gasteiger partial charge is 0.274 e. The van der Waals surface area contributed by atoms with Gasteiger partial charge in [0.15, 0.2) is 0 Å². The minimum atomic E-state index is -0.879. The number of azide groups is 1. The normalized spacial score (nSPS) is 14.5. The molecule has 0 atom stereocenters. The first-order valence-corrected chi connectivity index (χ1v) is 9.21. The summed E-state index contributed by atoms with van der Waals surface area (Å²) < 4.78 is 1.10. The topological polar surface area (TPSA) is 146 Å². The van der Waals surface area contributed by atoms with E-state index in [1.54, 1.807) is 30.3 Å². The molecule has 1 aliphatic rings. The molecule has 154 valence electrons. The Bertz CT molecular complexity index is 1130. The van der Waals surface area contributed by atoms with Gasteiger partial charge in [0.05, 0.1) is 12.1 Å². The summed E-state index contributed by atoms with van der Waals surface area (Å²) in [7, 11) is 0. The Morgan fingerprint density at radius 2 is 1.97 bits per heavy atom. The summed E-state index contributed by atoms with van der Waals surface area (Å²) in [4.78, 5) is 52.7. The fraction of sp³-hybridized carbons (Fsp3) is 0.300. The van der Waals surface area contributed by atoms with Crippen molar-refractivity contribution in [3.05, 3.63) is 74.0 Å². The molecule has 1 aromatic heterocycles. The minimum absolute atomic E-state index is 0.147. The molecule has 1 aliphatic heterocycles. The van der Waals surface area contributed by atoms with E-state index in [9.17, 15) is 19.2 Å². The molecule has 2 N–H and O–H groups in total. The Hall–Kier alpha value is -3.91. The van der Waals surface area contributed by atoms with Crippen LogP contribution >= 0.6 is 0 Å². The molecule has 3 amide bonds. The highest BCUT2D eigenvalue weighted by Gasteiger charge is 2.31. The number of carbonyl (C=O) groups excluding carboxylic acids is 3. The number of anilines is 1. The largest absolute Gasteiger partial charge is 0.351 e. The zero-order valence-electron chi connectivity index (χ0n) is 16.5. The summed E-state index contributed by atoms with van der Waals surface area (Å²) in [5.74, 6) is -1.83. The molecule has 10 heteroatoms. The molecule has 0 bridgehead atoms. The lowest BCUT2D eigenvalue weighted by Gasteiger charge is -2.24. The number of nitrogens with zero attached hydrogens (tertiary/aromatic N) is 4. The van der Waals surface area contributed by atoms with Crippen molar-refractivity contribution in [3.8, 4) is 0 Å². The summed E-state index contributed by atoms with van der Waals surface area (Å²) in [6.07, 6.45) is 0.326. The third kappa shape index (κ3) is 4.39. The molecular weight excluding hydrogens is 388 g/mol. The number of fused-ring (bicyclic) bond motifs is 1. The standard InChI is InChI=1S/C20H20N6O4/c1-20(2)9-15-13(18(29)22-11-20)8-14(19(30)26(15)10-16(27)24-25-21)23-17(28)12-6-4-3-5-7-12/h3-8H,9-11H2,1-2H3,(H,22,29)(H,23,28). The van der Waals surface area contributed by atoms with E-state index in [-0.39, 0.29) is 16.7 Å². The van der Waals surface area contributed by atoms with E-state index in [1.807, 2.05) is 13.8 Å². The predicted octanol–water partition coefficient (Wildman–Crippen LogP) is 2.25. The van der Waals surface area contributed by atoms with Crippen LogP contribution < -0.4 is 16.2 Å². The quantitative estimate of drug-likeness (QED) is 0.454. The molecule has 0 aliphatic carbocycles. The van der Waals surface area contributed by atoms with Crippen LogP contribution in [0.15, 0.2) is 46.3 Å². The molecular formula is C20H20N6O4. The lowest BCUT2D eigenvalue weighted by molar-refractivity contribution is -0.118. The second-order valence-corrected chi connectivity index (χ2v) is 7.74. The van der Waals surface area contributed by atoms with E-state index in [0.717, 1.165) is 4.57 Å². The number of carbonyl (C=O) groups is 3. The van der Waals surface area contributed by atoms with E-state index in [0.29, 0.717) is 24.2 Å². The first-order valence-electron chi connectivity index (χ1n) is 9.21. The number of aromatic nitrogens is 1. The minimum Gasteiger partial charge on any atom is -0.351 e. The monoisotopic (exact) mass is 408 g/mol. The zero-order valence-corrected chi connectivity index (χ0v) is 16.5. The van der Waals surface area contributed by atoms with Gasteiger partial charge < -0.3 is 15.2 Å². The lowest BCUT2D eigenvalue weighted by Crippen LogP contribution is -2.33. The van der Waals surface area contributed by atoms with Crippen LogP contribution in [0, 0.1) is 5.41 Å². The van der Waals surface area contributed by atoms with Gasteiger partial charge in [-0.05, 0) is 40.7 Å². The van der Waals surface area contributed by atoms with Crippen LogP contribution in [0.3, 0.4) is 0 Å². The highest BCUT2D eigenvalue weighted by Crippen LogP contribution is 2.27. The van der Waals surface area contributed by atoms with Gasteiger partial charge in [0.1, 0.15) is 5.69 Å². The second kappa shape index (κ2) is 8.22. The summed E-state index contributed by atoms with van der Waals surface area (Å²) in [6, 6.07) is 9.59. The Labute approximate surface area is 171 Å². The van der Waals surface area contributed by atoms with Crippen LogP contribution in [-0.4, -0.2) is 28.8 Å².